The van der Waals surface area contributed by atoms with Gasteiger partial charge in [0.05, 0.1) is 5.75 Å². The molecule has 0 aromatic carbocycles. The van der Waals surface area contributed by atoms with Crippen LogP contribution in [0.25, 0.3) is 0 Å². The highest BCUT2D eigenvalue weighted by molar-refractivity contribution is 8.00. The molecule has 6 nitrogen and oxygen atoms in total. The molecule has 2 N–H and O–H groups in total. The summed E-state index contributed by atoms with van der Waals surface area (Å²) in [4.78, 5) is 26.1. The first kappa shape index (κ1) is 13.7. The standard InChI is InChI=1S/C10H18N4O2S/c1-7(15)6-17-10-13(3)5-8(14(10)4)12-9(16)11-2/h5,10H,6H2,1-4H3,(H2,11,12,16). The van der Waals surface area contributed by atoms with Crippen LogP contribution in [0.1, 0.15) is 6.92 Å². The molecule has 0 aliphatic carbocycles. The van der Waals surface area contributed by atoms with Gasteiger partial charge in [-0.05, 0) is 6.92 Å². The van der Waals surface area contributed by atoms with Crippen LogP contribution in [0.2, 0.25) is 0 Å². The van der Waals surface area contributed by atoms with E-state index in [0.29, 0.717) is 11.6 Å². The predicted octanol–water partition coefficient (Wildman–Crippen LogP) is 0.197. The minimum atomic E-state index is -0.256. The quantitative estimate of drug-likeness (QED) is 0.754. The second-order valence-corrected chi connectivity index (χ2v) is 4.88. The SMILES string of the molecule is CNC(=O)NC1=CN(C)C(SCC(C)=O)N1C. The van der Waals surface area contributed by atoms with E-state index in [1.54, 1.807) is 14.0 Å². The summed E-state index contributed by atoms with van der Waals surface area (Å²) in [6.45, 7) is 1.57. The van der Waals surface area contributed by atoms with Crippen LogP contribution in [0.5, 0.6) is 0 Å². The van der Waals surface area contributed by atoms with Crippen LogP contribution in [0, 0.1) is 0 Å². The number of rotatable bonds is 4. The van der Waals surface area contributed by atoms with Crippen LogP contribution in [0.4, 0.5) is 4.79 Å². The molecule has 0 spiro atoms. The van der Waals surface area contributed by atoms with Crippen LogP contribution < -0.4 is 10.6 Å². The lowest BCUT2D eigenvalue weighted by molar-refractivity contribution is -0.114. The minimum Gasteiger partial charge on any atom is -0.349 e. The maximum atomic E-state index is 11.2. The maximum Gasteiger partial charge on any atom is 0.320 e. The molecule has 1 rings (SSSR count). The van der Waals surface area contributed by atoms with Gasteiger partial charge in [-0.25, -0.2) is 4.79 Å². The molecule has 2 amide bonds. The van der Waals surface area contributed by atoms with Gasteiger partial charge in [-0.2, -0.15) is 0 Å². The molecular weight excluding hydrogens is 240 g/mol. The van der Waals surface area contributed by atoms with E-state index in [1.165, 1.54) is 11.8 Å². The summed E-state index contributed by atoms with van der Waals surface area (Å²) in [6.07, 6.45) is 1.84. The summed E-state index contributed by atoms with van der Waals surface area (Å²) in [6, 6.07) is -0.256. The summed E-state index contributed by atoms with van der Waals surface area (Å²) in [7, 11) is 5.35. The molecule has 1 aliphatic rings. The summed E-state index contributed by atoms with van der Waals surface area (Å²) < 4.78 is 0. The van der Waals surface area contributed by atoms with Gasteiger partial charge in [0.1, 0.15) is 11.6 Å². The molecule has 1 aliphatic heterocycles. The molecule has 17 heavy (non-hydrogen) atoms. The molecule has 1 atom stereocenters. The van der Waals surface area contributed by atoms with Gasteiger partial charge in [-0.15, -0.1) is 11.8 Å². The number of hydrogen-bond donors (Lipinski definition) is 2. The summed E-state index contributed by atoms with van der Waals surface area (Å²) >= 11 is 1.53. The molecular formula is C10H18N4O2S. The lowest BCUT2D eigenvalue weighted by Gasteiger charge is -2.28. The Balaban J connectivity index is 2.58. The van der Waals surface area contributed by atoms with Crippen molar-refractivity contribution in [2.45, 2.75) is 12.4 Å². The van der Waals surface area contributed by atoms with Gasteiger partial charge >= 0.3 is 6.03 Å². The maximum absolute atomic E-state index is 11.2. The van der Waals surface area contributed by atoms with E-state index in [4.69, 9.17) is 0 Å². The van der Waals surface area contributed by atoms with Gasteiger partial charge in [0.2, 0.25) is 0 Å². The molecule has 1 unspecified atom stereocenters. The van der Waals surface area contributed by atoms with E-state index in [-0.39, 0.29) is 17.3 Å². The molecule has 0 fully saturated rings. The third-order valence-electron chi connectivity index (χ3n) is 2.29. The fraction of sp³-hybridized carbons (Fsp3) is 0.600. The van der Waals surface area contributed by atoms with E-state index in [0.717, 1.165) is 0 Å². The highest BCUT2D eigenvalue weighted by atomic mass is 32.2. The second-order valence-electron chi connectivity index (χ2n) is 3.83. The van der Waals surface area contributed by atoms with Crippen molar-refractivity contribution < 1.29 is 9.59 Å². The Bertz CT molecular complexity index is 345. The number of nitrogens with one attached hydrogen (secondary N) is 2. The molecule has 0 aromatic rings. The van der Waals surface area contributed by atoms with Crippen molar-refractivity contribution >= 4 is 23.6 Å². The molecule has 7 heteroatoms. The number of hydrogen-bond acceptors (Lipinski definition) is 5. The van der Waals surface area contributed by atoms with Crippen LogP contribution >= 0.6 is 11.8 Å². The monoisotopic (exact) mass is 258 g/mol. The molecule has 0 aromatic heterocycles. The largest absolute Gasteiger partial charge is 0.349 e. The lowest BCUT2D eigenvalue weighted by atomic mass is 10.5. The average Bonchev–Trinajstić information content (AvgIpc) is 2.51. The van der Waals surface area contributed by atoms with Crippen molar-refractivity contribution in [2.24, 2.45) is 0 Å². The van der Waals surface area contributed by atoms with Gasteiger partial charge in [0.15, 0.2) is 5.50 Å². The fourth-order valence-corrected chi connectivity index (χ4v) is 2.48. The topological polar surface area (TPSA) is 64.7 Å². The fourth-order valence-electron chi connectivity index (χ4n) is 1.46. The van der Waals surface area contributed by atoms with Crippen LogP contribution in [0.15, 0.2) is 12.0 Å². The normalized spacial score (nSPS) is 19.1. The Morgan fingerprint density at radius 3 is 2.65 bits per heavy atom. The third kappa shape index (κ3) is 3.55. The van der Waals surface area contributed by atoms with Gasteiger partial charge < -0.3 is 15.1 Å². The summed E-state index contributed by atoms with van der Waals surface area (Å²) in [5.74, 6) is 1.32. The van der Waals surface area contributed by atoms with Crippen molar-refractivity contribution in [1.29, 1.82) is 0 Å². The summed E-state index contributed by atoms with van der Waals surface area (Å²) in [5, 5.41) is 5.22. The van der Waals surface area contributed by atoms with Crippen molar-refractivity contribution in [3.63, 3.8) is 0 Å². The number of urea groups is 1. The first-order valence-corrected chi connectivity index (χ1v) is 6.27. The zero-order chi connectivity index (χ0) is 13.0. The first-order valence-electron chi connectivity index (χ1n) is 5.22. The van der Waals surface area contributed by atoms with E-state index in [1.807, 2.05) is 30.1 Å². The van der Waals surface area contributed by atoms with Gasteiger partial charge in [-0.1, -0.05) is 0 Å². The zero-order valence-electron chi connectivity index (χ0n) is 10.5. The molecule has 0 bridgehead atoms. The Morgan fingerprint density at radius 2 is 2.12 bits per heavy atom. The number of carbonyl (C=O) groups is 2. The highest BCUT2D eigenvalue weighted by Gasteiger charge is 2.28. The minimum absolute atomic E-state index is 0.0334. The van der Waals surface area contributed by atoms with E-state index >= 15 is 0 Å². The Morgan fingerprint density at radius 1 is 1.47 bits per heavy atom. The predicted molar refractivity (Wildman–Crippen MR) is 68.1 cm³/mol. The lowest BCUT2D eigenvalue weighted by Crippen LogP contribution is -2.40. The number of carbonyl (C=O) groups excluding carboxylic acids is 2. The van der Waals surface area contributed by atoms with Crippen LogP contribution in [-0.4, -0.2) is 54.0 Å². The Hall–Kier alpha value is -1.37. The van der Waals surface area contributed by atoms with Crippen molar-refractivity contribution in [3.8, 4) is 0 Å². The molecule has 0 saturated carbocycles. The van der Waals surface area contributed by atoms with Crippen LogP contribution in [-0.2, 0) is 4.79 Å². The van der Waals surface area contributed by atoms with Gasteiger partial charge in [-0.3, -0.25) is 10.1 Å². The van der Waals surface area contributed by atoms with Gasteiger partial charge in [0, 0.05) is 27.3 Å². The smallest absolute Gasteiger partial charge is 0.320 e. The molecule has 0 saturated heterocycles. The summed E-state index contributed by atoms with van der Waals surface area (Å²) in [5.41, 5.74) is 0.0334. The Kier molecular flexibility index (Phi) is 4.68. The molecule has 1 heterocycles. The van der Waals surface area contributed by atoms with E-state index in [2.05, 4.69) is 10.6 Å². The Labute approximate surface area is 105 Å². The first-order chi connectivity index (χ1) is 7.95. The number of Topliss-reactive ketones (excluding diaryl/α,β-unsaturated/α-hetero) is 1. The third-order valence-corrected chi connectivity index (χ3v) is 3.81. The molecule has 0 radical (unpaired) electrons. The number of thioether (sulfide) groups is 1. The average molecular weight is 258 g/mol. The highest BCUT2D eigenvalue weighted by Crippen LogP contribution is 2.26. The van der Waals surface area contributed by atoms with Crippen molar-refractivity contribution in [1.82, 2.24) is 20.4 Å². The van der Waals surface area contributed by atoms with E-state index < -0.39 is 0 Å². The van der Waals surface area contributed by atoms with Crippen molar-refractivity contribution in [2.75, 3.05) is 26.9 Å². The molecule has 96 valence electrons. The van der Waals surface area contributed by atoms with Crippen molar-refractivity contribution in [3.05, 3.63) is 12.0 Å². The number of amides is 2. The zero-order valence-corrected chi connectivity index (χ0v) is 11.3. The van der Waals surface area contributed by atoms with Crippen LogP contribution in [0.3, 0.4) is 0 Å². The second kappa shape index (κ2) is 5.81. The van der Waals surface area contributed by atoms with E-state index in [9.17, 15) is 9.59 Å². The van der Waals surface area contributed by atoms with Gasteiger partial charge in [0.25, 0.3) is 0 Å². The number of nitrogens with zero attached hydrogens (tertiary/aromatic N) is 2. The number of ketones is 1.